The molecule has 3 unspecified atom stereocenters. The van der Waals surface area contributed by atoms with Gasteiger partial charge in [-0.3, -0.25) is 20.2 Å². The summed E-state index contributed by atoms with van der Waals surface area (Å²) in [5, 5.41) is 18.8. The first kappa shape index (κ1) is 20.0. The summed E-state index contributed by atoms with van der Waals surface area (Å²) in [5.41, 5.74) is 1.14. The minimum absolute atomic E-state index is 0.0509. The maximum atomic E-state index is 13.6. The largest absolute Gasteiger partial charge is 0.353 e. The number of aromatic amines is 1. The first-order chi connectivity index (χ1) is 13.3. The van der Waals surface area contributed by atoms with Crippen molar-refractivity contribution in [1.29, 1.82) is 5.26 Å². The zero-order valence-corrected chi connectivity index (χ0v) is 16.1. The monoisotopic (exact) mass is 385 g/mol. The smallest absolute Gasteiger partial charge is 0.252 e. The molecule has 0 bridgehead atoms. The highest BCUT2D eigenvalue weighted by Crippen LogP contribution is 2.19. The van der Waals surface area contributed by atoms with E-state index >= 15 is 0 Å². The number of pyridine rings is 1. The molecule has 1 amide bonds. The van der Waals surface area contributed by atoms with Gasteiger partial charge in [-0.25, -0.2) is 4.39 Å². The van der Waals surface area contributed by atoms with Gasteiger partial charge in [0.05, 0.1) is 12.5 Å². The summed E-state index contributed by atoms with van der Waals surface area (Å²) >= 11 is 0. The number of nitrogens with zero attached hydrogens (tertiary/aromatic N) is 1. The highest BCUT2D eigenvalue weighted by Gasteiger charge is 2.31. The number of H-pyrrole nitrogens is 1. The molecule has 28 heavy (non-hydrogen) atoms. The molecule has 2 aromatic rings. The molecule has 4 N–H and O–H groups in total. The van der Waals surface area contributed by atoms with E-state index in [0.29, 0.717) is 28.6 Å². The minimum Gasteiger partial charge on any atom is -0.353 e. The van der Waals surface area contributed by atoms with Crippen LogP contribution in [0.2, 0.25) is 0 Å². The Hall–Kier alpha value is -2.76. The molecule has 0 spiro atoms. The van der Waals surface area contributed by atoms with E-state index in [2.05, 4.69) is 27.0 Å². The number of aromatic nitrogens is 1. The van der Waals surface area contributed by atoms with Gasteiger partial charge in [-0.2, -0.15) is 5.26 Å². The predicted octanol–water partition coefficient (Wildman–Crippen LogP) is 1.07. The molecule has 7 nitrogen and oxygen atoms in total. The number of benzene rings is 1. The normalized spacial score (nSPS) is 23.2. The van der Waals surface area contributed by atoms with Gasteiger partial charge in [-0.05, 0) is 44.5 Å². The van der Waals surface area contributed by atoms with E-state index in [1.807, 2.05) is 13.8 Å². The van der Waals surface area contributed by atoms with E-state index in [9.17, 15) is 14.0 Å². The van der Waals surface area contributed by atoms with E-state index in [-0.39, 0.29) is 35.9 Å². The van der Waals surface area contributed by atoms with Crippen molar-refractivity contribution < 1.29 is 9.18 Å². The van der Waals surface area contributed by atoms with Crippen molar-refractivity contribution in [2.75, 3.05) is 6.54 Å². The molecule has 1 saturated heterocycles. The fourth-order valence-electron chi connectivity index (χ4n) is 3.82. The van der Waals surface area contributed by atoms with E-state index in [0.717, 1.165) is 0 Å². The zero-order valence-electron chi connectivity index (χ0n) is 16.1. The molecular formula is C20H24FN5O2. The van der Waals surface area contributed by atoms with E-state index in [1.165, 1.54) is 18.2 Å². The van der Waals surface area contributed by atoms with Gasteiger partial charge in [0.25, 0.3) is 5.56 Å². The molecule has 1 aliphatic rings. The number of hydrogen-bond acceptors (Lipinski definition) is 5. The number of carbonyl (C=O) groups excluding carboxylic acids is 1. The fraction of sp³-hybridized carbons (Fsp3) is 0.450. The van der Waals surface area contributed by atoms with Crippen LogP contribution in [0.4, 0.5) is 4.39 Å². The molecule has 3 rings (SSSR count). The van der Waals surface area contributed by atoms with Crippen molar-refractivity contribution in [2.24, 2.45) is 5.92 Å². The van der Waals surface area contributed by atoms with Gasteiger partial charge in [-0.15, -0.1) is 0 Å². The second kappa shape index (κ2) is 8.09. The third kappa shape index (κ3) is 4.06. The van der Waals surface area contributed by atoms with Gasteiger partial charge in [0, 0.05) is 41.0 Å². The molecule has 148 valence electrons. The van der Waals surface area contributed by atoms with Crippen LogP contribution in [0.15, 0.2) is 23.0 Å². The highest BCUT2D eigenvalue weighted by atomic mass is 19.1. The van der Waals surface area contributed by atoms with Gasteiger partial charge < -0.3 is 10.3 Å². The average molecular weight is 385 g/mol. The SMILES string of the molecule is Cc1c(CC(=O)N[C@H](C)C2CNC(C#N)NC2C)c(=O)[nH]c2ccc(F)cc12. The quantitative estimate of drug-likeness (QED) is 0.629. The molecule has 4 atom stereocenters. The number of carbonyl (C=O) groups is 1. The zero-order chi connectivity index (χ0) is 20.4. The third-order valence-corrected chi connectivity index (χ3v) is 5.49. The van der Waals surface area contributed by atoms with Crippen molar-refractivity contribution in [3.63, 3.8) is 0 Å². The maximum absolute atomic E-state index is 13.6. The summed E-state index contributed by atoms with van der Waals surface area (Å²) in [4.78, 5) is 27.7. The Labute approximate surface area is 162 Å². The van der Waals surface area contributed by atoms with Crippen LogP contribution in [0, 0.1) is 30.0 Å². The molecule has 1 aromatic carbocycles. The topological polar surface area (TPSA) is 110 Å². The number of fused-ring (bicyclic) bond motifs is 1. The summed E-state index contributed by atoms with van der Waals surface area (Å²) in [6.07, 6.45) is -0.478. The number of hydrogen-bond donors (Lipinski definition) is 4. The van der Waals surface area contributed by atoms with Gasteiger partial charge in [0.15, 0.2) is 0 Å². The first-order valence-corrected chi connectivity index (χ1v) is 9.29. The van der Waals surface area contributed by atoms with Crippen molar-refractivity contribution in [1.82, 2.24) is 20.9 Å². The summed E-state index contributed by atoms with van der Waals surface area (Å²) in [5.74, 6) is -0.571. The molecular weight excluding hydrogens is 361 g/mol. The van der Waals surface area contributed by atoms with Gasteiger partial charge in [0.2, 0.25) is 5.91 Å². The number of nitrogens with one attached hydrogen (secondary N) is 4. The summed E-state index contributed by atoms with van der Waals surface area (Å²) in [6, 6.07) is 6.19. The van der Waals surface area contributed by atoms with Crippen molar-refractivity contribution in [3.8, 4) is 6.07 Å². The Morgan fingerprint density at radius 2 is 2.21 bits per heavy atom. The van der Waals surface area contributed by atoms with Gasteiger partial charge in [-0.1, -0.05) is 0 Å². The maximum Gasteiger partial charge on any atom is 0.252 e. The number of rotatable bonds is 4. The number of nitriles is 1. The van der Waals surface area contributed by atoms with Crippen molar-refractivity contribution >= 4 is 16.8 Å². The second-order valence-corrected chi connectivity index (χ2v) is 7.37. The molecule has 1 aliphatic heterocycles. The lowest BCUT2D eigenvalue weighted by molar-refractivity contribution is -0.121. The molecule has 1 fully saturated rings. The second-order valence-electron chi connectivity index (χ2n) is 7.37. The Kier molecular flexibility index (Phi) is 5.77. The highest BCUT2D eigenvalue weighted by molar-refractivity contribution is 5.85. The molecule has 1 aromatic heterocycles. The molecule has 0 aliphatic carbocycles. The summed E-state index contributed by atoms with van der Waals surface area (Å²) in [7, 11) is 0. The summed E-state index contributed by atoms with van der Waals surface area (Å²) < 4.78 is 13.6. The number of amides is 1. The van der Waals surface area contributed by atoms with E-state index in [4.69, 9.17) is 5.26 Å². The number of aryl methyl sites for hydroxylation is 1. The van der Waals surface area contributed by atoms with Crippen LogP contribution < -0.4 is 21.5 Å². The van der Waals surface area contributed by atoms with Gasteiger partial charge >= 0.3 is 0 Å². The predicted molar refractivity (Wildman–Crippen MR) is 104 cm³/mol. The van der Waals surface area contributed by atoms with Crippen LogP contribution in [-0.4, -0.2) is 35.7 Å². The van der Waals surface area contributed by atoms with Crippen molar-refractivity contribution in [3.05, 3.63) is 45.5 Å². The number of halogens is 1. The van der Waals surface area contributed by atoms with Crippen LogP contribution >= 0.6 is 0 Å². The minimum atomic E-state index is -0.395. The molecule has 8 heteroatoms. The fourth-order valence-corrected chi connectivity index (χ4v) is 3.82. The lowest BCUT2D eigenvalue weighted by atomic mass is 9.91. The van der Waals surface area contributed by atoms with Crippen molar-refractivity contribution in [2.45, 2.75) is 45.4 Å². The lowest BCUT2D eigenvalue weighted by Gasteiger charge is -2.37. The average Bonchev–Trinajstić information content (AvgIpc) is 2.65. The Balaban J connectivity index is 1.73. The standard InChI is InChI=1S/C20H24FN5O2/c1-10-14-6-13(21)4-5-17(14)26-20(28)15(10)7-19(27)25-12(3)16-9-23-18(8-22)24-11(16)2/h4-6,11-12,16,18,23-24H,7,9H2,1-3H3,(H,25,27)(H,26,28)/t11?,12-,16?,18?/m1/s1. The molecule has 0 saturated carbocycles. The van der Waals surface area contributed by atoms with Gasteiger partial charge in [0.1, 0.15) is 12.0 Å². The first-order valence-electron chi connectivity index (χ1n) is 9.29. The Bertz CT molecular complexity index is 996. The van der Waals surface area contributed by atoms with Crippen LogP contribution in [-0.2, 0) is 11.2 Å². The van der Waals surface area contributed by atoms with Crippen LogP contribution in [0.5, 0.6) is 0 Å². The van der Waals surface area contributed by atoms with E-state index < -0.39 is 12.0 Å². The summed E-state index contributed by atoms with van der Waals surface area (Å²) in [6.45, 7) is 6.21. The van der Waals surface area contributed by atoms with E-state index in [1.54, 1.807) is 6.92 Å². The van der Waals surface area contributed by atoms with Crippen LogP contribution in [0.25, 0.3) is 10.9 Å². The lowest BCUT2D eigenvalue weighted by Crippen LogP contribution is -2.61. The Morgan fingerprint density at radius 1 is 1.46 bits per heavy atom. The van der Waals surface area contributed by atoms with Crippen LogP contribution in [0.3, 0.4) is 0 Å². The third-order valence-electron chi connectivity index (χ3n) is 5.49. The molecule has 2 heterocycles. The van der Waals surface area contributed by atoms with Crippen LogP contribution in [0.1, 0.15) is 25.0 Å². The molecule has 0 radical (unpaired) electrons. The Morgan fingerprint density at radius 3 is 2.89 bits per heavy atom.